The Morgan fingerprint density at radius 3 is 2.89 bits per heavy atom. The van der Waals surface area contributed by atoms with E-state index < -0.39 is 10.7 Å². The average molecular weight is 267 g/mol. The van der Waals surface area contributed by atoms with E-state index in [4.69, 9.17) is 0 Å². The molecule has 1 heterocycles. The molecule has 1 N–H and O–H groups in total. The Balaban J connectivity index is 2.21. The maximum Gasteiger partial charge on any atom is 0.274 e. The van der Waals surface area contributed by atoms with Crippen molar-refractivity contribution in [1.82, 2.24) is 4.98 Å². The molecule has 0 radical (unpaired) electrons. The minimum atomic E-state index is -0.641. The number of nitro groups is 1. The monoisotopic (exact) mass is 267 g/mol. The van der Waals surface area contributed by atoms with E-state index in [-0.39, 0.29) is 11.7 Å². The predicted molar refractivity (Wildman–Crippen MR) is 67.2 cm³/mol. The standard InChI is InChI=1S/C11H10FN3O2S/c1-7(11-13-2-3-18-11)14-9-4-8(12)5-10(6-9)15(16)17/h2-7,14H,1H3. The van der Waals surface area contributed by atoms with Crippen LogP contribution in [0.5, 0.6) is 0 Å². The lowest BCUT2D eigenvalue weighted by atomic mass is 10.2. The number of thiazole rings is 1. The minimum absolute atomic E-state index is 0.133. The molecule has 0 saturated heterocycles. The van der Waals surface area contributed by atoms with Crippen LogP contribution < -0.4 is 5.32 Å². The lowest BCUT2D eigenvalue weighted by Crippen LogP contribution is -2.06. The summed E-state index contributed by atoms with van der Waals surface area (Å²) in [4.78, 5) is 14.1. The number of hydrogen-bond acceptors (Lipinski definition) is 5. The van der Waals surface area contributed by atoms with E-state index in [1.807, 2.05) is 12.3 Å². The third kappa shape index (κ3) is 2.80. The number of aromatic nitrogens is 1. The molecule has 0 aliphatic rings. The van der Waals surface area contributed by atoms with Gasteiger partial charge in [-0.15, -0.1) is 11.3 Å². The van der Waals surface area contributed by atoms with E-state index in [2.05, 4.69) is 10.3 Å². The molecule has 7 heteroatoms. The van der Waals surface area contributed by atoms with Gasteiger partial charge < -0.3 is 5.32 Å². The van der Waals surface area contributed by atoms with Crippen molar-refractivity contribution >= 4 is 22.7 Å². The fourth-order valence-electron chi connectivity index (χ4n) is 1.52. The molecular weight excluding hydrogens is 257 g/mol. The van der Waals surface area contributed by atoms with Crippen LogP contribution in [0.3, 0.4) is 0 Å². The van der Waals surface area contributed by atoms with Crippen LogP contribution in [0.15, 0.2) is 29.8 Å². The minimum Gasteiger partial charge on any atom is -0.376 e. The number of non-ortho nitro benzene ring substituents is 1. The van der Waals surface area contributed by atoms with Crippen LogP contribution in [0, 0.1) is 15.9 Å². The molecule has 18 heavy (non-hydrogen) atoms. The van der Waals surface area contributed by atoms with Gasteiger partial charge in [-0.1, -0.05) is 0 Å². The second kappa shape index (κ2) is 5.09. The summed E-state index contributed by atoms with van der Waals surface area (Å²) in [6, 6.07) is 3.27. The first-order valence-electron chi connectivity index (χ1n) is 5.17. The third-order valence-electron chi connectivity index (χ3n) is 2.30. The smallest absolute Gasteiger partial charge is 0.274 e. The second-order valence-electron chi connectivity index (χ2n) is 3.69. The van der Waals surface area contributed by atoms with Crippen LogP contribution in [0.4, 0.5) is 15.8 Å². The average Bonchev–Trinajstić information content (AvgIpc) is 2.81. The summed E-state index contributed by atoms with van der Waals surface area (Å²) in [7, 11) is 0. The first-order valence-corrected chi connectivity index (χ1v) is 6.05. The van der Waals surface area contributed by atoms with Gasteiger partial charge in [0.1, 0.15) is 10.8 Å². The fraction of sp³-hybridized carbons (Fsp3) is 0.182. The predicted octanol–water partition coefficient (Wildman–Crippen LogP) is 3.36. The van der Waals surface area contributed by atoms with Crippen LogP contribution in [0.1, 0.15) is 18.0 Å². The van der Waals surface area contributed by atoms with E-state index in [1.165, 1.54) is 23.5 Å². The highest BCUT2D eigenvalue weighted by Crippen LogP contribution is 2.25. The summed E-state index contributed by atoms with van der Waals surface area (Å²) in [6.45, 7) is 1.86. The van der Waals surface area contributed by atoms with Gasteiger partial charge in [-0.25, -0.2) is 9.37 Å². The lowest BCUT2D eigenvalue weighted by molar-refractivity contribution is -0.385. The summed E-state index contributed by atoms with van der Waals surface area (Å²) in [5.74, 6) is -0.641. The number of benzene rings is 1. The van der Waals surface area contributed by atoms with Crippen LogP contribution in [-0.4, -0.2) is 9.91 Å². The highest BCUT2D eigenvalue weighted by molar-refractivity contribution is 7.09. The molecule has 0 fully saturated rings. The van der Waals surface area contributed by atoms with Gasteiger partial charge in [-0.3, -0.25) is 10.1 Å². The molecule has 94 valence electrons. The zero-order valence-corrected chi connectivity index (χ0v) is 10.3. The Morgan fingerprint density at radius 1 is 1.50 bits per heavy atom. The Labute approximate surface area is 106 Å². The van der Waals surface area contributed by atoms with Crippen LogP contribution in [0.25, 0.3) is 0 Å². The van der Waals surface area contributed by atoms with Crippen molar-refractivity contribution < 1.29 is 9.31 Å². The van der Waals surface area contributed by atoms with Crippen molar-refractivity contribution in [2.75, 3.05) is 5.32 Å². The van der Waals surface area contributed by atoms with Gasteiger partial charge in [0.2, 0.25) is 0 Å². The molecule has 1 atom stereocenters. The summed E-state index contributed by atoms with van der Waals surface area (Å²) >= 11 is 1.46. The molecule has 1 aromatic carbocycles. The number of nitro benzene ring substituents is 1. The number of rotatable bonds is 4. The number of hydrogen-bond donors (Lipinski definition) is 1. The molecule has 0 amide bonds. The van der Waals surface area contributed by atoms with E-state index in [9.17, 15) is 14.5 Å². The summed E-state index contributed by atoms with van der Waals surface area (Å²) in [5.41, 5.74) is 0.0910. The second-order valence-corrected chi connectivity index (χ2v) is 4.62. The molecule has 1 unspecified atom stereocenters. The molecule has 5 nitrogen and oxygen atoms in total. The topological polar surface area (TPSA) is 68.1 Å². The van der Waals surface area contributed by atoms with Gasteiger partial charge in [0, 0.05) is 23.3 Å². The van der Waals surface area contributed by atoms with Gasteiger partial charge in [0.25, 0.3) is 5.69 Å². The summed E-state index contributed by atoms with van der Waals surface area (Å²) in [5, 5.41) is 16.3. The van der Waals surface area contributed by atoms with Gasteiger partial charge in [0.05, 0.1) is 17.0 Å². The number of nitrogens with one attached hydrogen (secondary N) is 1. The Morgan fingerprint density at radius 2 is 2.28 bits per heavy atom. The van der Waals surface area contributed by atoms with Gasteiger partial charge >= 0.3 is 0 Å². The normalized spacial score (nSPS) is 12.1. The number of nitrogens with zero attached hydrogens (tertiary/aromatic N) is 2. The summed E-state index contributed by atoms with van der Waals surface area (Å²) < 4.78 is 13.2. The van der Waals surface area contributed by atoms with Crippen molar-refractivity contribution in [3.63, 3.8) is 0 Å². The van der Waals surface area contributed by atoms with Gasteiger partial charge in [-0.05, 0) is 13.0 Å². The molecule has 0 saturated carbocycles. The maximum atomic E-state index is 13.2. The lowest BCUT2D eigenvalue weighted by Gasteiger charge is -2.12. The SMILES string of the molecule is CC(Nc1cc(F)cc([N+](=O)[O-])c1)c1nccs1. The van der Waals surface area contributed by atoms with E-state index in [0.29, 0.717) is 5.69 Å². The third-order valence-corrected chi connectivity index (χ3v) is 3.26. The van der Waals surface area contributed by atoms with E-state index in [0.717, 1.165) is 11.1 Å². The van der Waals surface area contributed by atoms with Crippen LogP contribution in [0.2, 0.25) is 0 Å². The highest BCUT2D eigenvalue weighted by atomic mass is 32.1. The van der Waals surface area contributed by atoms with Crippen molar-refractivity contribution in [3.8, 4) is 0 Å². The van der Waals surface area contributed by atoms with Gasteiger partial charge in [-0.2, -0.15) is 0 Å². The Kier molecular flexibility index (Phi) is 3.52. The Hall–Kier alpha value is -2.02. The van der Waals surface area contributed by atoms with Crippen molar-refractivity contribution in [2.24, 2.45) is 0 Å². The molecule has 2 rings (SSSR count). The zero-order chi connectivity index (χ0) is 13.1. The first-order chi connectivity index (χ1) is 8.56. The molecular formula is C11H10FN3O2S. The quantitative estimate of drug-likeness (QED) is 0.681. The molecule has 0 aliphatic heterocycles. The summed E-state index contributed by atoms with van der Waals surface area (Å²) in [6.07, 6.45) is 1.67. The molecule has 0 spiro atoms. The van der Waals surface area contributed by atoms with Crippen LogP contribution in [-0.2, 0) is 0 Å². The maximum absolute atomic E-state index is 13.2. The largest absolute Gasteiger partial charge is 0.376 e. The molecule has 0 bridgehead atoms. The van der Waals surface area contributed by atoms with E-state index in [1.54, 1.807) is 6.20 Å². The first kappa shape index (κ1) is 12.4. The van der Waals surface area contributed by atoms with Crippen molar-refractivity contribution in [1.29, 1.82) is 0 Å². The molecule has 1 aromatic heterocycles. The van der Waals surface area contributed by atoms with Gasteiger partial charge in [0.15, 0.2) is 0 Å². The molecule has 0 aliphatic carbocycles. The molecule has 2 aromatic rings. The zero-order valence-electron chi connectivity index (χ0n) is 9.46. The highest BCUT2D eigenvalue weighted by Gasteiger charge is 2.13. The van der Waals surface area contributed by atoms with Crippen molar-refractivity contribution in [2.45, 2.75) is 13.0 Å². The number of anilines is 1. The van der Waals surface area contributed by atoms with Crippen molar-refractivity contribution in [3.05, 3.63) is 50.7 Å². The van der Waals surface area contributed by atoms with E-state index >= 15 is 0 Å². The fourth-order valence-corrected chi connectivity index (χ4v) is 2.17. The number of halogens is 1. The Bertz CT molecular complexity index is 559. The van der Waals surface area contributed by atoms with Crippen LogP contribution >= 0.6 is 11.3 Å².